The van der Waals surface area contributed by atoms with Crippen molar-refractivity contribution in [2.24, 2.45) is 5.92 Å². The van der Waals surface area contributed by atoms with Gasteiger partial charge >= 0.3 is 0 Å². The Bertz CT molecular complexity index is 1750. The van der Waals surface area contributed by atoms with Crippen molar-refractivity contribution in [3.63, 3.8) is 0 Å². The lowest BCUT2D eigenvalue weighted by Crippen LogP contribution is -2.49. The number of para-hydroxylation sites is 1. The largest absolute Gasteiger partial charge is 0.497 e. The van der Waals surface area contributed by atoms with E-state index in [9.17, 15) is 14.4 Å². The first-order valence-corrected chi connectivity index (χ1v) is 14.2. The average Bonchev–Trinajstić information content (AvgIpc) is 3.73. The van der Waals surface area contributed by atoms with E-state index in [0.29, 0.717) is 27.6 Å². The molecule has 1 aromatic heterocycles. The van der Waals surface area contributed by atoms with Crippen LogP contribution in [0.2, 0.25) is 0 Å². The number of methoxy groups -OCH3 is 2. The third-order valence-corrected chi connectivity index (χ3v) is 9.44. The second kappa shape index (κ2) is 9.45. The zero-order valence-corrected chi connectivity index (χ0v) is 23.2. The van der Waals surface area contributed by atoms with Crippen molar-refractivity contribution < 1.29 is 23.9 Å². The summed E-state index contributed by atoms with van der Waals surface area (Å²) in [6, 6.07) is 22.3. The molecule has 0 radical (unpaired) electrons. The number of nitrogens with one attached hydrogen (secondary N) is 1. The van der Waals surface area contributed by atoms with E-state index in [-0.39, 0.29) is 23.0 Å². The molecule has 0 unspecified atom stereocenters. The summed E-state index contributed by atoms with van der Waals surface area (Å²) in [4.78, 5) is 46.4. The monoisotopic (exact) mass is 562 g/mol. The molecule has 1 fully saturated rings. The Morgan fingerprint density at radius 1 is 0.927 bits per heavy atom. The predicted molar refractivity (Wildman–Crippen MR) is 157 cm³/mol. The highest BCUT2D eigenvalue weighted by Gasteiger charge is 2.71. The first-order chi connectivity index (χ1) is 20.0. The van der Waals surface area contributed by atoms with Crippen molar-refractivity contribution in [3.05, 3.63) is 118 Å². The molecule has 1 saturated heterocycles. The van der Waals surface area contributed by atoms with Gasteiger partial charge in [-0.2, -0.15) is 0 Å². The van der Waals surface area contributed by atoms with Gasteiger partial charge in [0.15, 0.2) is 11.6 Å². The van der Waals surface area contributed by atoms with Gasteiger partial charge in [-0.1, -0.05) is 48.5 Å². The number of Topliss-reactive ketones (excluding diaryl/α,β-unsaturated/α-hetero) is 2. The van der Waals surface area contributed by atoms with E-state index < -0.39 is 23.4 Å². The van der Waals surface area contributed by atoms with E-state index in [1.54, 1.807) is 24.3 Å². The van der Waals surface area contributed by atoms with Crippen molar-refractivity contribution in [2.45, 2.75) is 17.5 Å². The molecule has 7 nitrogen and oxygen atoms in total. The summed E-state index contributed by atoms with van der Waals surface area (Å²) in [5.41, 5.74) is 2.12. The predicted octanol–water partition coefficient (Wildman–Crippen LogP) is 5.75. The van der Waals surface area contributed by atoms with Gasteiger partial charge in [-0.05, 0) is 58.5 Å². The number of amides is 1. The first-order valence-electron chi connectivity index (χ1n) is 13.3. The molecule has 4 heterocycles. The van der Waals surface area contributed by atoms with Crippen molar-refractivity contribution in [2.75, 3.05) is 19.5 Å². The molecule has 0 saturated carbocycles. The maximum absolute atomic E-state index is 14.8. The fourth-order valence-electron chi connectivity index (χ4n) is 6.91. The number of ketones is 2. The Kier molecular flexibility index (Phi) is 5.83. The van der Waals surface area contributed by atoms with Gasteiger partial charge in [-0.25, -0.2) is 0 Å². The lowest BCUT2D eigenvalue weighted by Gasteiger charge is -2.38. The van der Waals surface area contributed by atoms with Crippen LogP contribution in [0.15, 0.2) is 90.4 Å². The zero-order chi connectivity index (χ0) is 28.3. The molecule has 3 aliphatic heterocycles. The molecule has 1 amide bonds. The lowest BCUT2D eigenvalue weighted by atomic mass is 9.63. The quantitative estimate of drug-likeness (QED) is 0.302. The third-order valence-electron chi connectivity index (χ3n) is 8.56. The fraction of sp³-hybridized carbons (Fsp3) is 0.182. The van der Waals surface area contributed by atoms with E-state index >= 15 is 0 Å². The number of fused-ring (bicyclic) bond motifs is 6. The molecule has 4 atom stereocenters. The van der Waals surface area contributed by atoms with Crippen LogP contribution in [0.4, 0.5) is 5.69 Å². The van der Waals surface area contributed by atoms with Gasteiger partial charge in [0, 0.05) is 11.9 Å². The minimum absolute atomic E-state index is 0.243. The number of ether oxygens (including phenoxy) is 2. The molecular formula is C33H26N2O5S. The zero-order valence-electron chi connectivity index (χ0n) is 22.4. The fourth-order valence-corrected chi connectivity index (χ4v) is 7.61. The summed E-state index contributed by atoms with van der Waals surface area (Å²) in [5.74, 6) is -1.03. The van der Waals surface area contributed by atoms with Crippen LogP contribution in [-0.2, 0) is 10.2 Å². The van der Waals surface area contributed by atoms with Gasteiger partial charge in [-0.3, -0.25) is 14.4 Å². The van der Waals surface area contributed by atoms with Gasteiger partial charge in [0.05, 0.1) is 36.6 Å². The van der Waals surface area contributed by atoms with Gasteiger partial charge in [0.1, 0.15) is 23.0 Å². The Hall–Kier alpha value is -4.69. The van der Waals surface area contributed by atoms with E-state index in [0.717, 1.165) is 11.1 Å². The number of thiophene rings is 1. The van der Waals surface area contributed by atoms with Crippen molar-refractivity contribution in [1.29, 1.82) is 0 Å². The molecule has 41 heavy (non-hydrogen) atoms. The summed E-state index contributed by atoms with van der Waals surface area (Å²) in [7, 11) is 3.04. The Labute approximate surface area is 241 Å². The number of carbonyl (C=O) groups is 3. The van der Waals surface area contributed by atoms with Crippen LogP contribution < -0.4 is 14.8 Å². The Morgan fingerprint density at radius 3 is 2.51 bits per heavy atom. The van der Waals surface area contributed by atoms with E-state index in [1.165, 1.54) is 25.6 Å². The van der Waals surface area contributed by atoms with Crippen LogP contribution in [0.5, 0.6) is 11.5 Å². The van der Waals surface area contributed by atoms with Gasteiger partial charge in [-0.15, -0.1) is 11.3 Å². The maximum atomic E-state index is 14.8. The summed E-state index contributed by atoms with van der Waals surface area (Å²) in [6.07, 6.45) is 3.80. The topological polar surface area (TPSA) is 84.9 Å². The van der Waals surface area contributed by atoms with Crippen molar-refractivity contribution in [3.8, 4) is 11.5 Å². The second-order valence-electron chi connectivity index (χ2n) is 10.4. The molecule has 0 bridgehead atoms. The third kappa shape index (κ3) is 3.47. The smallest absolute Gasteiger partial charge is 0.238 e. The molecule has 0 aliphatic carbocycles. The van der Waals surface area contributed by atoms with Crippen molar-refractivity contribution >= 4 is 40.6 Å². The standard InChI is InChI=1S/C33H26N2O5S/c1-39-20-13-14-25(40-2)22(18-20)29(36)28-27(30(37)26-12-7-17-41-26)33(23-10-5-6-11-24(23)34-32(33)38)31-21-9-4-3-8-19(21)15-16-35(28)31/h3-18,27-28,31H,1-2H3,(H,34,38)/t27-,28+,31-,33-/m1/s1. The van der Waals surface area contributed by atoms with Crippen LogP contribution in [0.25, 0.3) is 6.08 Å². The van der Waals surface area contributed by atoms with E-state index in [4.69, 9.17) is 9.47 Å². The minimum atomic E-state index is -1.37. The van der Waals surface area contributed by atoms with Crippen LogP contribution in [0.3, 0.4) is 0 Å². The highest BCUT2D eigenvalue weighted by molar-refractivity contribution is 7.12. The van der Waals surface area contributed by atoms with E-state index in [2.05, 4.69) is 5.32 Å². The van der Waals surface area contributed by atoms with Crippen LogP contribution in [-0.4, -0.2) is 42.6 Å². The van der Waals surface area contributed by atoms with Gasteiger partial charge in [0.25, 0.3) is 0 Å². The maximum Gasteiger partial charge on any atom is 0.238 e. The second-order valence-corrected chi connectivity index (χ2v) is 11.3. The number of hydrogen-bond acceptors (Lipinski definition) is 7. The number of hydrogen-bond donors (Lipinski definition) is 1. The molecule has 1 N–H and O–H groups in total. The first kappa shape index (κ1) is 25.3. The molecule has 7 rings (SSSR count). The minimum Gasteiger partial charge on any atom is -0.497 e. The molecule has 1 spiro atoms. The normalized spacial score (nSPS) is 23.5. The summed E-state index contributed by atoms with van der Waals surface area (Å²) < 4.78 is 11.1. The summed E-state index contributed by atoms with van der Waals surface area (Å²) >= 11 is 1.31. The Morgan fingerprint density at radius 2 is 1.73 bits per heavy atom. The molecule has 204 valence electrons. The molecule has 8 heteroatoms. The number of carbonyl (C=O) groups excluding carboxylic acids is 3. The lowest BCUT2D eigenvalue weighted by molar-refractivity contribution is -0.122. The highest BCUT2D eigenvalue weighted by Crippen LogP contribution is 2.62. The Balaban J connectivity index is 1.54. The number of nitrogens with zero attached hydrogens (tertiary/aromatic N) is 1. The van der Waals surface area contributed by atoms with Gasteiger partial charge < -0.3 is 19.7 Å². The number of rotatable bonds is 6. The SMILES string of the molecule is COc1ccc(OC)c(C(=O)[C@@H]2[C@H](C(=O)c3cccs3)[C@@]3(C(=O)Nc4ccccc43)[C@H]3c4ccccc4C=CN23)c1. The van der Waals surface area contributed by atoms with Crippen molar-refractivity contribution in [1.82, 2.24) is 4.90 Å². The molecule has 3 aliphatic rings. The van der Waals surface area contributed by atoms with Gasteiger partial charge in [0.2, 0.25) is 5.91 Å². The molecule has 4 aromatic rings. The molecule has 3 aromatic carbocycles. The number of benzene rings is 3. The average molecular weight is 563 g/mol. The van der Waals surface area contributed by atoms with Crippen LogP contribution >= 0.6 is 11.3 Å². The number of anilines is 1. The van der Waals surface area contributed by atoms with Crippen LogP contribution in [0.1, 0.15) is 42.8 Å². The molecular weight excluding hydrogens is 536 g/mol. The van der Waals surface area contributed by atoms with Crippen LogP contribution in [0, 0.1) is 5.92 Å². The highest BCUT2D eigenvalue weighted by atomic mass is 32.1. The summed E-state index contributed by atoms with van der Waals surface area (Å²) in [5, 5.41) is 4.91. The van der Waals surface area contributed by atoms with E-state index in [1.807, 2.05) is 77.2 Å². The summed E-state index contributed by atoms with van der Waals surface area (Å²) in [6.45, 7) is 0.